The van der Waals surface area contributed by atoms with Crippen molar-refractivity contribution in [3.63, 3.8) is 0 Å². The van der Waals surface area contributed by atoms with Crippen molar-refractivity contribution in [2.75, 3.05) is 12.9 Å². The van der Waals surface area contributed by atoms with Crippen LogP contribution in [-0.2, 0) is 25.1 Å². The third kappa shape index (κ3) is 4.59. The molecule has 0 amide bonds. The minimum atomic E-state index is -3.61. The van der Waals surface area contributed by atoms with Gasteiger partial charge in [-0.3, -0.25) is 4.79 Å². The number of halogens is 2. The van der Waals surface area contributed by atoms with Gasteiger partial charge in [0.15, 0.2) is 21.5 Å². The molecule has 0 fully saturated rings. The predicted molar refractivity (Wildman–Crippen MR) is 65.0 cm³/mol. The van der Waals surface area contributed by atoms with Crippen molar-refractivity contribution in [3.05, 3.63) is 35.4 Å². The standard InChI is InChI=1S/C12H14F2O4S/c1-8(12(15)18-2)6-19(16,17)7-9-3-4-10(13)11(14)5-9/h3-5,8H,6-7H2,1-2H3. The van der Waals surface area contributed by atoms with Crippen molar-refractivity contribution < 1.29 is 26.7 Å². The molecule has 0 spiro atoms. The van der Waals surface area contributed by atoms with Gasteiger partial charge in [-0.05, 0) is 17.7 Å². The van der Waals surface area contributed by atoms with E-state index in [1.54, 1.807) is 0 Å². The summed E-state index contributed by atoms with van der Waals surface area (Å²) in [5.41, 5.74) is 0.135. The van der Waals surface area contributed by atoms with Crippen LogP contribution >= 0.6 is 0 Å². The van der Waals surface area contributed by atoms with Gasteiger partial charge in [-0.1, -0.05) is 13.0 Å². The van der Waals surface area contributed by atoms with E-state index in [0.29, 0.717) is 0 Å². The Morgan fingerprint density at radius 2 is 1.95 bits per heavy atom. The molecule has 106 valence electrons. The van der Waals surface area contributed by atoms with E-state index in [-0.39, 0.29) is 5.56 Å². The Labute approximate surface area is 110 Å². The number of sulfone groups is 1. The molecule has 0 aliphatic rings. The minimum Gasteiger partial charge on any atom is -0.469 e. The highest BCUT2D eigenvalue weighted by Gasteiger charge is 2.22. The minimum absolute atomic E-state index is 0.135. The van der Waals surface area contributed by atoms with Crippen LogP contribution < -0.4 is 0 Å². The van der Waals surface area contributed by atoms with Gasteiger partial charge in [-0.25, -0.2) is 17.2 Å². The zero-order chi connectivity index (χ0) is 14.6. The summed E-state index contributed by atoms with van der Waals surface area (Å²) in [5, 5.41) is 0. The second-order valence-corrected chi connectivity index (χ2v) is 6.34. The Kier molecular flexibility index (Phi) is 4.99. The number of hydrogen-bond acceptors (Lipinski definition) is 4. The Bertz CT molecular complexity index is 569. The highest BCUT2D eigenvalue weighted by Crippen LogP contribution is 2.14. The lowest BCUT2D eigenvalue weighted by atomic mass is 10.2. The molecule has 0 N–H and O–H groups in total. The zero-order valence-electron chi connectivity index (χ0n) is 10.5. The third-order valence-electron chi connectivity index (χ3n) is 2.48. The summed E-state index contributed by atoms with van der Waals surface area (Å²) in [7, 11) is -2.44. The van der Waals surface area contributed by atoms with Crippen molar-refractivity contribution in [2.24, 2.45) is 5.92 Å². The summed E-state index contributed by atoms with van der Waals surface area (Å²) >= 11 is 0. The molecule has 1 aromatic rings. The number of ether oxygens (including phenoxy) is 1. The van der Waals surface area contributed by atoms with Crippen LogP contribution in [0.25, 0.3) is 0 Å². The average molecular weight is 292 g/mol. The summed E-state index contributed by atoms with van der Waals surface area (Å²) < 4.78 is 53.7. The lowest BCUT2D eigenvalue weighted by Gasteiger charge is -2.10. The van der Waals surface area contributed by atoms with Crippen molar-refractivity contribution >= 4 is 15.8 Å². The Hall–Kier alpha value is -1.50. The molecular weight excluding hydrogens is 278 g/mol. The van der Waals surface area contributed by atoms with Crippen molar-refractivity contribution in [1.29, 1.82) is 0 Å². The summed E-state index contributed by atoms with van der Waals surface area (Å²) in [6.45, 7) is 1.43. The van der Waals surface area contributed by atoms with E-state index in [1.165, 1.54) is 20.1 Å². The molecule has 1 atom stereocenters. The number of esters is 1. The Morgan fingerprint density at radius 3 is 2.47 bits per heavy atom. The first-order valence-electron chi connectivity index (χ1n) is 5.47. The average Bonchev–Trinajstić information content (AvgIpc) is 2.31. The fourth-order valence-corrected chi connectivity index (χ4v) is 3.30. The zero-order valence-corrected chi connectivity index (χ0v) is 11.3. The largest absolute Gasteiger partial charge is 0.469 e. The fourth-order valence-electron chi connectivity index (χ4n) is 1.59. The molecule has 1 rings (SSSR count). The normalized spacial score (nSPS) is 13.1. The molecule has 1 aromatic carbocycles. The van der Waals surface area contributed by atoms with Gasteiger partial charge < -0.3 is 4.74 Å². The number of hydrogen-bond donors (Lipinski definition) is 0. The molecule has 0 aliphatic heterocycles. The maximum atomic E-state index is 13.0. The number of rotatable bonds is 5. The molecule has 0 saturated carbocycles. The van der Waals surface area contributed by atoms with Crippen LogP contribution in [0, 0.1) is 17.6 Å². The van der Waals surface area contributed by atoms with E-state index in [1.807, 2.05) is 0 Å². The maximum absolute atomic E-state index is 13.0. The van der Waals surface area contributed by atoms with Crippen LogP contribution in [0.2, 0.25) is 0 Å². The molecule has 1 unspecified atom stereocenters. The Morgan fingerprint density at radius 1 is 1.32 bits per heavy atom. The van der Waals surface area contributed by atoms with Gasteiger partial charge in [-0.15, -0.1) is 0 Å². The highest BCUT2D eigenvalue weighted by molar-refractivity contribution is 7.90. The summed E-state index contributed by atoms with van der Waals surface area (Å²) in [6, 6.07) is 2.89. The second kappa shape index (κ2) is 6.10. The van der Waals surface area contributed by atoms with Crippen LogP contribution in [0.3, 0.4) is 0 Å². The number of methoxy groups -OCH3 is 1. The molecule has 0 bridgehead atoms. The van der Waals surface area contributed by atoms with Gasteiger partial charge in [0.05, 0.1) is 24.5 Å². The molecular formula is C12H14F2O4S. The number of carbonyl (C=O) groups is 1. The van der Waals surface area contributed by atoms with E-state index in [4.69, 9.17) is 0 Å². The molecule has 7 heteroatoms. The van der Waals surface area contributed by atoms with E-state index in [2.05, 4.69) is 4.74 Å². The molecule has 0 heterocycles. The predicted octanol–water partition coefficient (Wildman–Crippen LogP) is 1.69. The topological polar surface area (TPSA) is 60.4 Å². The number of benzene rings is 1. The molecule has 0 saturated heterocycles. The maximum Gasteiger partial charge on any atom is 0.309 e. The lowest BCUT2D eigenvalue weighted by molar-refractivity contribution is -0.144. The van der Waals surface area contributed by atoms with Crippen LogP contribution in [0.1, 0.15) is 12.5 Å². The lowest BCUT2D eigenvalue weighted by Crippen LogP contribution is -2.23. The van der Waals surface area contributed by atoms with E-state index in [9.17, 15) is 22.0 Å². The molecule has 19 heavy (non-hydrogen) atoms. The van der Waals surface area contributed by atoms with Crippen molar-refractivity contribution in [2.45, 2.75) is 12.7 Å². The monoisotopic (exact) mass is 292 g/mol. The van der Waals surface area contributed by atoms with E-state index < -0.39 is 44.9 Å². The second-order valence-electron chi connectivity index (χ2n) is 4.23. The highest BCUT2D eigenvalue weighted by atomic mass is 32.2. The summed E-state index contributed by atoms with van der Waals surface area (Å²) in [4.78, 5) is 11.1. The fraction of sp³-hybridized carbons (Fsp3) is 0.417. The van der Waals surface area contributed by atoms with Crippen molar-refractivity contribution in [1.82, 2.24) is 0 Å². The first-order chi connectivity index (χ1) is 8.75. The SMILES string of the molecule is COC(=O)C(C)CS(=O)(=O)Cc1ccc(F)c(F)c1. The van der Waals surface area contributed by atoms with Crippen LogP contribution in [0.5, 0.6) is 0 Å². The van der Waals surface area contributed by atoms with E-state index >= 15 is 0 Å². The van der Waals surface area contributed by atoms with Gasteiger partial charge in [0.25, 0.3) is 0 Å². The molecule has 0 aromatic heterocycles. The quantitative estimate of drug-likeness (QED) is 0.775. The summed E-state index contributed by atoms with van der Waals surface area (Å²) in [6.07, 6.45) is 0. The van der Waals surface area contributed by atoms with Crippen LogP contribution in [-0.4, -0.2) is 27.2 Å². The third-order valence-corrected chi connectivity index (χ3v) is 4.26. The first kappa shape index (κ1) is 15.6. The summed E-state index contributed by atoms with van der Waals surface area (Å²) in [5.74, 6) is -4.43. The van der Waals surface area contributed by atoms with E-state index in [0.717, 1.165) is 12.1 Å². The van der Waals surface area contributed by atoms with Crippen LogP contribution in [0.15, 0.2) is 18.2 Å². The van der Waals surface area contributed by atoms with Gasteiger partial charge >= 0.3 is 5.97 Å². The van der Waals surface area contributed by atoms with Gasteiger partial charge in [0, 0.05) is 0 Å². The van der Waals surface area contributed by atoms with Gasteiger partial charge in [-0.2, -0.15) is 0 Å². The molecule has 0 aliphatic carbocycles. The Balaban J connectivity index is 2.79. The van der Waals surface area contributed by atoms with Gasteiger partial charge in [0.1, 0.15) is 0 Å². The molecule has 0 radical (unpaired) electrons. The van der Waals surface area contributed by atoms with Crippen LogP contribution in [0.4, 0.5) is 8.78 Å². The first-order valence-corrected chi connectivity index (χ1v) is 7.29. The van der Waals surface area contributed by atoms with Gasteiger partial charge in [0.2, 0.25) is 0 Å². The smallest absolute Gasteiger partial charge is 0.309 e. The number of carbonyl (C=O) groups excluding carboxylic acids is 1. The molecule has 4 nitrogen and oxygen atoms in total. The van der Waals surface area contributed by atoms with Crippen molar-refractivity contribution in [3.8, 4) is 0 Å².